The van der Waals surface area contributed by atoms with E-state index in [9.17, 15) is 5.11 Å². The minimum Gasteiger partial charge on any atom is -0.382 e. The van der Waals surface area contributed by atoms with Crippen molar-refractivity contribution >= 4 is 0 Å². The molecule has 0 spiro atoms. The SMILES string of the molecule is CC([NH3+])[C@H](O)c1ccccc1. The van der Waals surface area contributed by atoms with Gasteiger partial charge < -0.3 is 10.8 Å². The van der Waals surface area contributed by atoms with E-state index in [1.165, 1.54) is 0 Å². The van der Waals surface area contributed by atoms with Gasteiger partial charge in [-0.05, 0) is 12.5 Å². The van der Waals surface area contributed by atoms with Crippen molar-refractivity contribution in [3.05, 3.63) is 35.9 Å². The Hall–Kier alpha value is -0.860. The van der Waals surface area contributed by atoms with Gasteiger partial charge in [0.05, 0.1) is 0 Å². The molecule has 1 rings (SSSR count). The summed E-state index contributed by atoms with van der Waals surface area (Å²) in [4.78, 5) is 0. The quantitative estimate of drug-likeness (QED) is 0.631. The molecular formula is C9H14NO+. The maximum Gasteiger partial charge on any atom is 0.130 e. The third-order valence-corrected chi connectivity index (χ3v) is 1.68. The zero-order chi connectivity index (χ0) is 8.27. The summed E-state index contributed by atoms with van der Waals surface area (Å²) >= 11 is 0. The van der Waals surface area contributed by atoms with Crippen molar-refractivity contribution in [3.63, 3.8) is 0 Å². The Bertz CT molecular complexity index is 208. The third kappa shape index (κ3) is 2.03. The predicted molar refractivity (Wildman–Crippen MR) is 43.8 cm³/mol. The van der Waals surface area contributed by atoms with Crippen LogP contribution in [0.15, 0.2) is 30.3 Å². The summed E-state index contributed by atoms with van der Waals surface area (Å²) in [7, 11) is 0. The fourth-order valence-corrected chi connectivity index (χ4v) is 0.979. The Labute approximate surface area is 66.7 Å². The van der Waals surface area contributed by atoms with Crippen LogP contribution in [-0.2, 0) is 0 Å². The van der Waals surface area contributed by atoms with Crippen LogP contribution in [0.4, 0.5) is 0 Å². The van der Waals surface area contributed by atoms with Crippen molar-refractivity contribution in [2.75, 3.05) is 0 Å². The zero-order valence-electron chi connectivity index (χ0n) is 6.70. The zero-order valence-corrected chi connectivity index (χ0v) is 6.70. The number of aliphatic hydroxyl groups is 1. The van der Waals surface area contributed by atoms with Crippen molar-refractivity contribution < 1.29 is 10.8 Å². The van der Waals surface area contributed by atoms with Crippen molar-refractivity contribution in [1.82, 2.24) is 0 Å². The average molecular weight is 152 g/mol. The Balaban J connectivity index is 2.77. The molecule has 11 heavy (non-hydrogen) atoms. The van der Waals surface area contributed by atoms with E-state index >= 15 is 0 Å². The highest BCUT2D eigenvalue weighted by molar-refractivity contribution is 5.17. The van der Waals surface area contributed by atoms with E-state index in [-0.39, 0.29) is 6.04 Å². The van der Waals surface area contributed by atoms with Gasteiger partial charge in [-0.2, -0.15) is 0 Å². The summed E-state index contributed by atoms with van der Waals surface area (Å²) in [6.45, 7) is 1.90. The van der Waals surface area contributed by atoms with Crippen LogP contribution >= 0.6 is 0 Å². The van der Waals surface area contributed by atoms with Crippen LogP contribution in [0.5, 0.6) is 0 Å². The molecule has 2 heteroatoms. The number of aliphatic hydroxyl groups excluding tert-OH is 1. The van der Waals surface area contributed by atoms with Gasteiger partial charge in [-0.25, -0.2) is 0 Å². The fourth-order valence-electron chi connectivity index (χ4n) is 0.979. The Kier molecular flexibility index (Phi) is 2.63. The predicted octanol–water partition coefficient (Wildman–Crippen LogP) is 0.350. The summed E-state index contributed by atoms with van der Waals surface area (Å²) < 4.78 is 0. The Morgan fingerprint density at radius 1 is 1.27 bits per heavy atom. The van der Waals surface area contributed by atoms with Gasteiger partial charge in [0.25, 0.3) is 0 Å². The van der Waals surface area contributed by atoms with E-state index in [2.05, 4.69) is 5.73 Å². The monoisotopic (exact) mass is 152 g/mol. The van der Waals surface area contributed by atoms with Gasteiger partial charge in [-0.1, -0.05) is 30.3 Å². The van der Waals surface area contributed by atoms with Crippen molar-refractivity contribution in [2.24, 2.45) is 0 Å². The molecule has 1 aromatic rings. The molecule has 0 aliphatic carbocycles. The third-order valence-electron chi connectivity index (χ3n) is 1.68. The van der Waals surface area contributed by atoms with Crippen LogP contribution in [0.1, 0.15) is 18.6 Å². The lowest BCUT2D eigenvalue weighted by molar-refractivity contribution is -0.433. The molecule has 0 aliphatic heterocycles. The molecule has 0 saturated heterocycles. The molecule has 0 amide bonds. The van der Waals surface area contributed by atoms with Crippen LogP contribution in [0.25, 0.3) is 0 Å². The Morgan fingerprint density at radius 3 is 2.27 bits per heavy atom. The summed E-state index contributed by atoms with van der Waals surface area (Å²) in [5, 5.41) is 9.54. The number of hydrogen-bond acceptors (Lipinski definition) is 1. The maximum atomic E-state index is 9.54. The summed E-state index contributed by atoms with van der Waals surface area (Å²) in [6.07, 6.45) is -0.434. The molecule has 2 nitrogen and oxygen atoms in total. The molecule has 0 heterocycles. The van der Waals surface area contributed by atoms with Crippen molar-refractivity contribution in [2.45, 2.75) is 19.1 Å². The first-order chi connectivity index (χ1) is 5.22. The summed E-state index contributed by atoms with van der Waals surface area (Å²) in [5.74, 6) is 0. The van der Waals surface area contributed by atoms with Gasteiger partial charge in [-0.3, -0.25) is 0 Å². The highest BCUT2D eigenvalue weighted by Crippen LogP contribution is 2.12. The largest absolute Gasteiger partial charge is 0.382 e. The molecule has 0 aliphatic rings. The van der Waals surface area contributed by atoms with Crippen LogP contribution in [-0.4, -0.2) is 11.1 Å². The first kappa shape index (κ1) is 8.24. The number of rotatable bonds is 2. The summed E-state index contributed by atoms with van der Waals surface area (Å²) in [5.41, 5.74) is 4.70. The molecule has 4 N–H and O–H groups in total. The van der Waals surface area contributed by atoms with Gasteiger partial charge >= 0.3 is 0 Å². The van der Waals surface area contributed by atoms with Crippen LogP contribution in [0.3, 0.4) is 0 Å². The molecule has 0 bridgehead atoms. The van der Waals surface area contributed by atoms with E-state index in [4.69, 9.17) is 0 Å². The molecule has 1 unspecified atom stereocenters. The molecule has 0 saturated carbocycles. The maximum absolute atomic E-state index is 9.54. The van der Waals surface area contributed by atoms with Crippen LogP contribution < -0.4 is 5.73 Å². The highest BCUT2D eigenvalue weighted by atomic mass is 16.3. The van der Waals surface area contributed by atoms with Crippen LogP contribution in [0.2, 0.25) is 0 Å². The van der Waals surface area contributed by atoms with Gasteiger partial charge in [0.2, 0.25) is 0 Å². The summed E-state index contributed by atoms with van der Waals surface area (Å²) in [6, 6.07) is 9.63. The van der Waals surface area contributed by atoms with Gasteiger partial charge in [0.15, 0.2) is 0 Å². The lowest BCUT2D eigenvalue weighted by atomic mass is 10.0. The van der Waals surface area contributed by atoms with Crippen molar-refractivity contribution in [3.8, 4) is 0 Å². The first-order valence-electron chi connectivity index (χ1n) is 3.78. The van der Waals surface area contributed by atoms with E-state index in [1.807, 2.05) is 37.3 Å². The van der Waals surface area contributed by atoms with E-state index < -0.39 is 6.10 Å². The van der Waals surface area contributed by atoms with Crippen LogP contribution in [0, 0.1) is 0 Å². The topological polar surface area (TPSA) is 47.9 Å². The van der Waals surface area contributed by atoms with Gasteiger partial charge in [0.1, 0.15) is 12.1 Å². The van der Waals surface area contributed by atoms with Gasteiger partial charge in [0, 0.05) is 0 Å². The van der Waals surface area contributed by atoms with Crippen molar-refractivity contribution in [1.29, 1.82) is 0 Å². The normalized spacial score (nSPS) is 15.9. The second kappa shape index (κ2) is 3.51. The average Bonchev–Trinajstić information content (AvgIpc) is 2.05. The van der Waals surface area contributed by atoms with E-state index in [0.717, 1.165) is 5.56 Å². The lowest BCUT2D eigenvalue weighted by Gasteiger charge is -2.11. The minimum absolute atomic E-state index is 0.0393. The molecule has 0 aromatic heterocycles. The minimum atomic E-state index is -0.434. The fraction of sp³-hybridized carbons (Fsp3) is 0.333. The number of hydrogen-bond donors (Lipinski definition) is 2. The molecular weight excluding hydrogens is 138 g/mol. The van der Waals surface area contributed by atoms with Gasteiger partial charge in [-0.15, -0.1) is 0 Å². The Morgan fingerprint density at radius 2 is 1.82 bits per heavy atom. The molecule has 2 atom stereocenters. The number of benzene rings is 1. The van der Waals surface area contributed by atoms with E-state index in [1.54, 1.807) is 0 Å². The standard InChI is InChI=1S/C9H13NO/c1-7(10)9(11)8-5-3-2-4-6-8/h2-7,9,11H,10H2,1H3/p+1/t7?,9-/m0/s1. The second-order valence-corrected chi connectivity index (χ2v) is 2.83. The smallest absolute Gasteiger partial charge is 0.130 e. The van der Waals surface area contributed by atoms with E-state index in [0.29, 0.717) is 0 Å². The number of quaternary nitrogens is 1. The molecule has 0 fully saturated rings. The molecule has 60 valence electrons. The highest BCUT2D eigenvalue weighted by Gasteiger charge is 2.13. The lowest BCUT2D eigenvalue weighted by Crippen LogP contribution is -2.61. The second-order valence-electron chi connectivity index (χ2n) is 2.83. The first-order valence-corrected chi connectivity index (χ1v) is 3.78. The molecule has 0 radical (unpaired) electrons. The molecule has 1 aromatic carbocycles.